The van der Waals surface area contributed by atoms with E-state index in [1.165, 1.54) is 4.88 Å². The lowest BCUT2D eigenvalue weighted by Gasteiger charge is -2.25. The summed E-state index contributed by atoms with van der Waals surface area (Å²) in [5.74, 6) is 0. The molecule has 0 aliphatic heterocycles. The first-order valence-corrected chi connectivity index (χ1v) is 6.78. The summed E-state index contributed by atoms with van der Waals surface area (Å²) in [4.78, 5) is 8.26. The van der Waals surface area contributed by atoms with Crippen LogP contribution in [0, 0.1) is 6.92 Å². The van der Waals surface area contributed by atoms with Crippen LogP contribution < -0.4 is 10.2 Å². The Hall–Kier alpha value is -0.650. The smallest absolute Gasteiger partial charge is 0.186 e. The molecule has 0 aliphatic rings. The van der Waals surface area contributed by atoms with Crippen molar-refractivity contribution in [2.75, 3.05) is 32.2 Å². The van der Waals surface area contributed by atoms with Crippen molar-refractivity contribution in [3.8, 4) is 0 Å². The molecule has 0 unspecified atom stereocenters. The number of hydrogen-bond donors (Lipinski definition) is 1. The second-order valence-corrected chi connectivity index (χ2v) is 5.38. The molecule has 0 saturated carbocycles. The average Bonchev–Trinajstić information content (AvgIpc) is 2.61. The van der Waals surface area contributed by atoms with Gasteiger partial charge in [0.15, 0.2) is 5.13 Å². The predicted molar refractivity (Wildman–Crippen MR) is 74.0 cm³/mol. The first-order valence-electron chi connectivity index (χ1n) is 5.96. The van der Waals surface area contributed by atoms with Gasteiger partial charge in [-0.05, 0) is 27.8 Å². The van der Waals surface area contributed by atoms with Gasteiger partial charge in [0, 0.05) is 31.1 Å². The van der Waals surface area contributed by atoms with E-state index in [1.54, 1.807) is 18.4 Å². The van der Waals surface area contributed by atoms with Crippen LogP contribution in [0.5, 0.6) is 0 Å². The lowest BCUT2D eigenvalue weighted by Crippen LogP contribution is -2.33. The molecule has 5 heteroatoms. The number of ether oxygens (including phenoxy) is 1. The van der Waals surface area contributed by atoms with Crippen molar-refractivity contribution >= 4 is 16.5 Å². The van der Waals surface area contributed by atoms with Crippen molar-refractivity contribution in [1.29, 1.82) is 0 Å². The van der Waals surface area contributed by atoms with Gasteiger partial charge < -0.3 is 15.0 Å². The Morgan fingerprint density at radius 1 is 1.47 bits per heavy atom. The molecule has 98 valence electrons. The molecule has 1 aromatic heterocycles. The standard InChI is InChI=1S/C12H23N3OS/c1-9(2)15(6-7-16-5)12-14-10(3)11(17-12)8-13-4/h9,13H,6-8H2,1-5H3. The molecule has 1 N–H and O–H groups in total. The molecule has 0 fully saturated rings. The minimum atomic E-state index is 0.443. The Labute approximate surface area is 108 Å². The quantitative estimate of drug-likeness (QED) is 0.811. The van der Waals surface area contributed by atoms with Crippen molar-refractivity contribution in [3.05, 3.63) is 10.6 Å². The fourth-order valence-electron chi connectivity index (χ4n) is 1.62. The van der Waals surface area contributed by atoms with Crippen molar-refractivity contribution < 1.29 is 4.74 Å². The molecule has 17 heavy (non-hydrogen) atoms. The molecule has 1 rings (SSSR count). The van der Waals surface area contributed by atoms with E-state index in [1.807, 2.05) is 7.05 Å². The van der Waals surface area contributed by atoms with Gasteiger partial charge in [-0.1, -0.05) is 0 Å². The van der Waals surface area contributed by atoms with Gasteiger partial charge in [-0.3, -0.25) is 0 Å². The Bertz CT molecular complexity index is 338. The summed E-state index contributed by atoms with van der Waals surface area (Å²) in [5, 5.41) is 4.27. The Balaban J connectivity index is 2.82. The van der Waals surface area contributed by atoms with E-state index in [0.717, 1.165) is 30.5 Å². The molecule has 0 aromatic carbocycles. The van der Waals surface area contributed by atoms with E-state index in [0.29, 0.717) is 6.04 Å². The third-order valence-electron chi connectivity index (χ3n) is 2.62. The lowest BCUT2D eigenvalue weighted by molar-refractivity contribution is 0.204. The average molecular weight is 257 g/mol. The molecule has 0 amide bonds. The topological polar surface area (TPSA) is 37.4 Å². The maximum Gasteiger partial charge on any atom is 0.186 e. The van der Waals surface area contributed by atoms with Crippen LogP contribution in [0.25, 0.3) is 0 Å². The Morgan fingerprint density at radius 2 is 2.18 bits per heavy atom. The third kappa shape index (κ3) is 3.94. The van der Waals surface area contributed by atoms with E-state index in [-0.39, 0.29) is 0 Å². The zero-order chi connectivity index (χ0) is 12.8. The number of nitrogens with zero attached hydrogens (tertiary/aromatic N) is 2. The Morgan fingerprint density at radius 3 is 2.71 bits per heavy atom. The molecule has 0 saturated heterocycles. The Kier molecular flexibility index (Phi) is 5.88. The monoisotopic (exact) mass is 257 g/mol. The van der Waals surface area contributed by atoms with Gasteiger partial charge in [-0.15, -0.1) is 11.3 Å². The van der Waals surface area contributed by atoms with Gasteiger partial charge in [0.1, 0.15) is 0 Å². The summed E-state index contributed by atoms with van der Waals surface area (Å²) < 4.78 is 5.15. The van der Waals surface area contributed by atoms with Crippen LogP contribution in [-0.4, -0.2) is 38.3 Å². The number of thiazole rings is 1. The maximum absolute atomic E-state index is 5.15. The van der Waals surface area contributed by atoms with E-state index in [4.69, 9.17) is 4.74 Å². The fraction of sp³-hybridized carbons (Fsp3) is 0.750. The largest absolute Gasteiger partial charge is 0.383 e. The van der Waals surface area contributed by atoms with Gasteiger partial charge in [-0.2, -0.15) is 0 Å². The molecule has 1 aromatic rings. The second kappa shape index (κ2) is 6.93. The maximum atomic E-state index is 5.15. The molecule has 1 heterocycles. The summed E-state index contributed by atoms with van der Waals surface area (Å²) >= 11 is 1.77. The zero-order valence-electron chi connectivity index (χ0n) is 11.4. The van der Waals surface area contributed by atoms with Crippen LogP contribution in [-0.2, 0) is 11.3 Å². The number of aromatic nitrogens is 1. The fourth-order valence-corrected chi connectivity index (χ4v) is 2.86. The van der Waals surface area contributed by atoms with Crippen molar-refractivity contribution in [3.63, 3.8) is 0 Å². The van der Waals surface area contributed by atoms with E-state index < -0.39 is 0 Å². The molecule has 0 bridgehead atoms. The number of nitrogens with one attached hydrogen (secondary N) is 1. The van der Waals surface area contributed by atoms with E-state index in [2.05, 4.69) is 36.0 Å². The van der Waals surface area contributed by atoms with Crippen molar-refractivity contribution in [2.24, 2.45) is 0 Å². The second-order valence-electron chi connectivity index (χ2n) is 4.32. The van der Waals surface area contributed by atoms with Crippen LogP contribution in [0.1, 0.15) is 24.4 Å². The minimum Gasteiger partial charge on any atom is -0.383 e. The first kappa shape index (κ1) is 14.4. The first-order chi connectivity index (χ1) is 8.10. The number of aryl methyl sites for hydroxylation is 1. The summed E-state index contributed by atoms with van der Waals surface area (Å²) in [6.07, 6.45) is 0. The van der Waals surface area contributed by atoms with E-state index >= 15 is 0 Å². The predicted octanol–water partition coefficient (Wildman–Crippen LogP) is 2.03. The zero-order valence-corrected chi connectivity index (χ0v) is 12.2. The summed E-state index contributed by atoms with van der Waals surface area (Å²) in [6, 6.07) is 0.443. The summed E-state index contributed by atoms with van der Waals surface area (Å²) in [7, 11) is 3.70. The molecule has 0 radical (unpaired) electrons. The van der Waals surface area contributed by atoms with Gasteiger partial charge >= 0.3 is 0 Å². The SMILES string of the molecule is CNCc1sc(N(CCOC)C(C)C)nc1C. The van der Waals surface area contributed by atoms with Crippen molar-refractivity contribution in [2.45, 2.75) is 33.4 Å². The lowest BCUT2D eigenvalue weighted by atomic mass is 10.3. The molecule has 4 nitrogen and oxygen atoms in total. The normalized spacial score (nSPS) is 11.2. The van der Waals surface area contributed by atoms with Gasteiger partial charge in [0.25, 0.3) is 0 Å². The van der Waals surface area contributed by atoms with Crippen LogP contribution in [0.3, 0.4) is 0 Å². The number of rotatable bonds is 7. The van der Waals surface area contributed by atoms with Gasteiger partial charge in [0.05, 0.1) is 12.3 Å². The molecule has 0 atom stereocenters. The summed E-state index contributed by atoms with van der Waals surface area (Å²) in [6.45, 7) is 8.95. The number of methoxy groups -OCH3 is 1. The van der Waals surface area contributed by atoms with Gasteiger partial charge in [0.2, 0.25) is 0 Å². The van der Waals surface area contributed by atoms with Gasteiger partial charge in [-0.25, -0.2) is 4.98 Å². The highest BCUT2D eigenvalue weighted by Crippen LogP contribution is 2.27. The third-order valence-corrected chi connectivity index (χ3v) is 3.82. The molecule has 0 spiro atoms. The van der Waals surface area contributed by atoms with E-state index in [9.17, 15) is 0 Å². The minimum absolute atomic E-state index is 0.443. The van der Waals surface area contributed by atoms with Crippen LogP contribution in [0.4, 0.5) is 5.13 Å². The summed E-state index contributed by atoms with van der Waals surface area (Å²) in [5.41, 5.74) is 1.13. The number of hydrogen-bond acceptors (Lipinski definition) is 5. The van der Waals surface area contributed by atoms with Crippen LogP contribution in [0.2, 0.25) is 0 Å². The highest BCUT2D eigenvalue weighted by molar-refractivity contribution is 7.15. The van der Waals surface area contributed by atoms with Crippen molar-refractivity contribution in [1.82, 2.24) is 10.3 Å². The molecule has 0 aliphatic carbocycles. The number of anilines is 1. The highest BCUT2D eigenvalue weighted by Gasteiger charge is 2.16. The van der Waals surface area contributed by atoms with Crippen LogP contribution >= 0.6 is 11.3 Å². The highest BCUT2D eigenvalue weighted by atomic mass is 32.1. The van der Waals surface area contributed by atoms with Crippen LogP contribution in [0.15, 0.2) is 0 Å². The molecular formula is C12H23N3OS. The molecular weight excluding hydrogens is 234 g/mol.